The molecule has 3 aromatic rings. The standard InChI is InChI=1S/C21H23NO3/c1-6-17-13(3)20(23)19-14(4)21(12(2)10-18(19)22-17)25-16-9-7-8-15(11-16)24-5/h7-11H,6H2,1-5H3,(H,22,23). The van der Waals surface area contributed by atoms with Gasteiger partial charge in [0, 0.05) is 28.3 Å². The largest absolute Gasteiger partial charge is 0.507 e. The van der Waals surface area contributed by atoms with Gasteiger partial charge in [0.05, 0.1) is 12.6 Å². The molecule has 0 aliphatic heterocycles. The number of benzene rings is 2. The molecule has 25 heavy (non-hydrogen) atoms. The van der Waals surface area contributed by atoms with Crippen LogP contribution >= 0.6 is 0 Å². The Morgan fingerprint density at radius 2 is 1.76 bits per heavy atom. The highest BCUT2D eigenvalue weighted by Crippen LogP contribution is 2.40. The molecule has 1 N–H and O–H groups in total. The number of hydrogen-bond donors (Lipinski definition) is 1. The first-order valence-electron chi connectivity index (χ1n) is 8.40. The molecule has 2 aromatic carbocycles. The lowest BCUT2D eigenvalue weighted by atomic mass is 10.00. The summed E-state index contributed by atoms with van der Waals surface area (Å²) in [4.78, 5) is 4.72. The van der Waals surface area contributed by atoms with Gasteiger partial charge < -0.3 is 14.6 Å². The third-order valence-electron chi connectivity index (χ3n) is 4.56. The summed E-state index contributed by atoms with van der Waals surface area (Å²) in [5.74, 6) is 2.46. The maximum Gasteiger partial charge on any atom is 0.134 e. The molecule has 1 heterocycles. The number of hydrogen-bond acceptors (Lipinski definition) is 4. The maximum absolute atomic E-state index is 10.7. The lowest BCUT2D eigenvalue weighted by molar-refractivity contribution is 0.408. The average molecular weight is 337 g/mol. The monoisotopic (exact) mass is 337 g/mol. The number of pyridine rings is 1. The summed E-state index contributed by atoms with van der Waals surface area (Å²) in [5, 5.41) is 11.4. The van der Waals surface area contributed by atoms with E-state index in [0.29, 0.717) is 5.75 Å². The molecule has 0 aliphatic carbocycles. The van der Waals surface area contributed by atoms with Crippen LogP contribution in [-0.2, 0) is 6.42 Å². The summed E-state index contributed by atoms with van der Waals surface area (Å²) in [5.41, 5.74) is 4.41. The molecule has 0 bridgehead atoms. The van der Waals surface area contributed by atoms with Crippen molar-refractivity contribution in [3.63, 3.8) is 0 Å². The fraction of sp³-hybridized carbons (Fsp3) is 0.286. The van der Waals surface area contributed by atoms with Crippen molar-refractivity contribution < 1.29 is 14.6 Å². The Hall–Kier alpha value is -2.75. The fourth-order valence-electron chi connectivity index (χ4n) is 3.17. The zero-order valence-corrected chi connectivity index (χ0v) is 15.3. The smallest absolute Gasteiger partial charge is 0.134 e. The molecule has 4 nitrogen and oxygen atoms in total. The van der Waals surface area contributed by atoms with Gasteiger partial charge in [-0.2, -0.15) is 0 Å². The molecule has 0 radical (unpaired) electrons. The van der Waals surface area contributed by atoms with Crippen molar-refractivity contribution in [2.45, 2.75) is 34.1 Å². The molecule has 0 fully saturated rings. The number of rotatable bonds is 4. The number of aryl methyl sites for hydroxylation is 3. The molecule has 0 saturated carbocycles. The van der Waals surface area contributed by atoms with Crippen molar-refractivity contribution in [2.75, 3.05) is 7.11 Å². The predicted molar refractivity (Wildman–Crippen MR) is 100 cm³/mol. The topological polar surface area (TPSA) is 51.6 Å². The minimum absolute atomic E-state index is 0.287. The van der Waals surface area contributed by atoms with Gasteiger partial charge in [-0.25, -0.2) is 0 Å². The Kier molecular flexibility index (Phi) is 4.53. The molecular weight excluding hydrogens is 314 g/mol. The quantitative estimate of drug-likeness (QED) is 0.708. The van der Waals surface area contributed by atoms with Crippen LogP contribution in [0.4, 0.5) is 0 Å². The SMILES string of the molecule is CCc1nc2cc(C)c(Oc3cccc(OC)c3)c(C)c2c(O)c1C. The Bertz CT molecular complexity index is 948. The van der Waals surface area contributed by atoms with Gasteiger partial charge >= 0.3 is 0 Å². The number of aromatic hydroxyl groups is 1. The zero-order valence-electron chi connectivity index (χ0n) is 15.3. The first-order chi connectivity index (χ1) is 12.0. The van der Waals surface area contributed by atoms with E-state index in [0.717, 1.165) is 51.2 Å². The minimum atomic E-state index is 0.287. The van der Waals surface area contributed by atoms with Crippen molar-refractivity contribution in [1.29, 1.82) is 0 Å². The molecule has 0 amide bonds. The predicted octanol–water partition coefficient (Wildman–Crippen LogP) is 5.23. The summed E-state index contributed by atoms with van der Waals surface area (Å²) in [6, 6.07) is 9.45. The van der Waals surface area contributed by atoms with Crippen LogP contribution in [0.25, 0.3) is 10.9 Å². The van der Waals surface area contributed by atoms with E-state index in [1.165, 1.54) is 0 Å². The van der Waals surface area contributed by atoms with Gasteiger partial charge in [-0.05, 0) is 51.0 Å². The van der Waals surface area contributed by atoms with Crippen LogP contribution in [-0.4, -0.2) is 17.2 Å². The number of methoxy groups -OCH3 is 1. The highest BCUT2D eigenvalue weighted by molar-refractivity contribution is 5.92. The number of ether oxygens (including phenoxy) is 2. The van der Waals surface area contributed by atoms with E-state index >= 15 is 0 Å². The molecule has 0 atom stereocenters. The molecule has 0 aliphatic rings. The van der Waals surface area contributed by atoms with E-state index in [9.17, 15) is 5.11 Å². The zero-order chi connectivity index (χ0) is 18.1. The second kappa shape index (κ2) is 6.63. The lowest BCUT2D eigenvalue weighted by Gasteiger charge is -2.17. The average Bonchev–Trinajstić information content (AvgIpc) is 2.61. The Balaban J connectivity index is 2.17. The molecule has 1 aromatic heterocycles. The number of aromatic nitrogens is 1. The molecule has 0 saturated heterocycles. The van der Waals surface area contributed by atoms with E-state index in [-0.39, 0.29) is 5.75 Å². The number of fused-ring (bicyclic) bond motifs is 1. The van der Waals surface area contributed by atoms with Gasteiger partial charge in [0.1, 0.15) is 23.0 Å². The fourth-order valence-corrected chi connectivity index (χ4v) is 3.17. The minimum Gasteiger partial charge on any atom is -0.507 e. The van der Waals surface area contributed by atoms with E-state index in [4.69, 9.17) is 14.5 Å². The van der Waals surface area contributed by atoms with Crippen LogP contribution in [0, 0.1) is 20.8 Å². The van der Waals surface area contributed by atoms with Crippen molar-refractivity contribution in [2.24, 2.45) is 0 Å². The van der Waals surface area contributed by atoms with Gasteiger partial charge in [0.2, 0.25) is 0 Å². The van der Waals surface area contributed by atoms with Gasteiger partial charge in [0.25, 0.3) is 0 Å². The van der Waals surface area contributed by atoms with Gasteiger partial charge in [-0.15, -0.1) is 0 Å². The molecule has 130 valence electrons. The first-order valence-corrected chi connectivity index (χ1v) is 8.40. The lowest BCUT2D eigenvalue weighted by Crippen LogP contribution is -1.99. The van der Waals surface area contributed by atoms with Crippen LogP contribution < -0.4 is 9.47 Å². The third kappa shape index (κ3) is 3.00. The summed E-state index contributed by atoms with van der Waals surface area (Å²) in [6.45, 7) is 7.90. The van der Waals surface area contributed by atoms with Crippen LogP contribution in [0.2, 0.25) is 0 Å². The van der Waals surface area contributed by atoms with Gasteiger partial charge in [-0.1, -0.05) is 13.0 Å². The van der Waals surface area contributed by atoms with E-state index in [2.05, 4.69) is 0 Å². The van der Waals surface area contributed by atoms with Gasteiger partial charge in [0.15, 0.2) is 0 Å². The third-order valence-corrected chi connectivity index (χ3v) is 4.56. The van der Waals surface area contributed by atoms with Crippen molar-refractivity contribution >= 4 is 10.9 Å². The van der Waals surface area contributed by atoms with E-state index < -0.39 is 0 Å². The van der Waals surface area contributed by atoms with Gasteiger partial charge in [-0.3, -0.25) is 4.98 Å². The van der Waals surface area contributed by atoms with Crippen LogP contribution in [0.15, 0.2) is 30.3 Å². The summed E-state index contributed by atoms with van der Waals surface area (Å²) in [6.07, 6.45) is 0.787. The summed E-state index contributed by atoms with van der Waals surface area (Å²) in [7, 11) is 1.63. The normalized spacial score (nSPS) is 10.9. The molecule has 0 spiro atoms. The van der Waals surface area contributed by atoms with E-state index in [1.54, 1.807) is 7.11 Å². The molecule has 0 unspecified atom stereocenters. The second-order valence-electron chi connectivity index (χ2n) is 6.21. The first kappa shape index (κ1) is 17.1. The summed E-state index contributed by atoms with van der Waals surface area (Å²) >= 11 is 0. The van der Waals surface area contributed by atoms with Crippen molar-refractivity contribution in [3.8, 4) is 23.0 Å². The maximum atomic E-state index is 10.7. The highest BCUT2D eigenvalue weighted by atomic mass is 16.5. The molecule has 4 heteroatoms. The number of nitrogens with zero attached hydrogens (tertiary/aromatic N) is 1. The second-order valence-corrected chi connectivity index (χ2v) is 6.21. The van der Waals surface area contributed by atoms with Crippen LogP contribution in [0.1, 0.15) is 29.3 Å². The molecule has 3 rings (SSSR count). The van der Waals surface area contributed by atoms with Crippen molar-refractivity contribution in [3.05, 3.63) is 52.7 Å². The Labute approximate surface area is 148 Å². The van der Waals surface area contributed by atoms with Crippen LogP contribution in [0.3, 0.4) is 0 Å². The molecular formula is C21H23NO3. The summed E-state index contributed by atoms with van der Waals surface area (Å²) < 4.78 is 11.4. The highest BCUT2D eigenvalue weighted by Gasteiger charge is 2.17. The Morgan fingerprint density at radius 3 is 2.44 bits per heavy atom. The van der Waals surface area contributed by atoms with E-state index in [1.807, 2.05) is 58.0 Å². The van der Waals surface area contributed by atoms with Crippen LogP contribution in [0.5, 0.6) is 23.0 Å². The Morgan fingerprint density at radius 1 is 1.04 bits per heavy atom. The van der Waals surface area contributed by atoms with Crippen molar-refractivity contribution in [1.82, 2.24) is 4.98 Å².